The van der Waals surface area contributed by atoms with Crippen molar-refractivity contribution in [2.75, 3.05) is 7.11 Å². The van der Waals surface area contributed by atoms with Crippen molar-refractivity contribution >= 4 is 12.4 Å². The van der Waals surface area contributed by atoms with E-state index in [-0.39, 0.29) is 0 Å². The van der Waals surface area contributed by atoms with Crippen LogP contribution >= 0.6 is 0 Å². The van der Waals surface area contributed by atoms with Gasteiger partial charge in [-0.25, -0.2) is 0 Å². The average molecular weight is 300 g/mol. The highest BCUT2D eigenvalue weighted by Gasteiger charge is 2.20. The summed E-state index contributed by atoms with van der Waals surface area (Å²) >= 11 is 0. The monoisotopic (exact) mass is 300 g/mol. The standard InChI is InChI=1S/C13H24.2C2H4O2/c1-3-7-12(8-4-1)11-13-9-5-2-6-10-13;1-4-2-3;1-2(3)4/h12-13H,1-11H2;2H,1H3;1H3,(H,3,4). The Kier molecular flexibility index (Phi) is 13.2. The summed E-state index contributed by atoms with van der Waals surface area (Å²) in [7, 11) is 1.31. The van der Waals surface area contributed by atoms with E-state index in [1.165, 1.54) is 45.6 Å². The number of ether oxygens (including phenoxy) is 1. The average Bonchev–Trinajstić information content (AvgIpc) is 2.49. The molecule has 4 heteroatoms. The maximum Gasteiger partial charge on any atom is 0.300 e. The largest absolute Gasteiger partial charge is 0.481 e. The molecule has 1 N–H and O–H groups in total. The van der Waals surface area contributed by atoms with Crippen LogP contribution in [0, 0.1) is 11.8 Å². The third-order valence-corrected chi connectivity index (χ3v) is 4.21. The second kappa shape index (κ2) is 13.9. The second-order valence-electron chi connectivity index (χ2n) is 6.09. The maximum atomic E-state index is 9.00. The number of carboxylic acids is 1. The summed E-state index contributed by atoms with van der Waals surface area (Å²) in [6.07, 6.45) is 16.9. The lowest BCUT2D eigenvalue weighted by molar-refractivity contribution is -0.134. The van der Waals surface area contributed by atoms with Crippen LogP contribution in [0.25, 0.3) is 0 Å². The molecule has 2 aliphatic carbocycles. The van der Waals surface area contributed by atoms with Crippen molar-refractivity contribution in [2.24, 2.45) is 11.8 Å². The molecule has 21 heavy (non-hydrogen) atoms. The van der Waals surface area contributed by atoms with Crippen LogP contribution in [-0.4, -0.2) is 24.7 Å². The molecule has 124 valence electrons. The molecule has 0 bridgehead atoms. The number of rotatable bonds is 3. The summed E-state index contributed by atoms with van der Waals surface area (Å²) in [4.78, 5) is 18.0. The maximum absolute atomic E-state index is 9.00. The predicted octanol–water partition coefficient (Wildman–Crippen LogP) is 4.42. The smallest absolute Gasteiger partial charge is 0.300 e. The highest BCUT2D eigenvalue weighted by molar-refractivity contribution is 5.62. The van der Waals surface area contributed by atoms with Crippen molar-refractivity contribution in [3.63, 3.8) is 0 Å². The molecule has 0 atom stereocenters. The third kappa shape index (κ3) is 13.7. The first-order valence-corrected chi connectivity index (χ1v) is 8.26. The molecule has 0 aromatic heterocycles. The van der Waals surface area contributed by atoms with Gasteiger partial charge in [0.1, 0.15) is 0 Å². The SMILES string of the molecule is C1CCC(CC2CCCCC2)CC1.CC(=O)O.COC=O. The molecule has 2 rings (SSSR count). The van der Waals surface area contributed by atoms with Crippen molar-refractivity contribution in [1.82, 2.24) is 0 Å². The summed E-state index contributed by atoms with van der Waals surface area (Å²) in [6, 6.07) is 0. The Morgan fingerprint density at radius 1 is 1.00 bits per heavy atom. The Bertz CT molecular complexity index is 234. The van der Waals surface area contributed by atoms with Gasteiger partial charge in [0.2, 0.25) is 0 Å². The lowest BCUT2D eigenvalue weighted by atomic mass is 9.78. The zero-order valence-electron chi connectivity index (χ0n) is 13.7. The summed E-state index contributed by atoms with van der Waals surface area (Å²) in [5, 5.41) is 7.42. The minimum Gasteiger partial charge on any atom is -0.481 e. The predicted molar refractivity (Wildman–Crippen MR) is 84.1 cm³/mol. The molecule has 0 radical (unpaired) electrons. The van der Waals surface area contributed by atoms with Crippen LogP contribution in [0.1, 0.15) is 77.6 Å². The van der Waals surface area contributed by atoms with E-state index in [0.717, 1.165) is 18.8 Å². The summed E-state index contributed by atoms with van der Waals surface area (Å²) < 4.78 is 3.86. The summed E-state index contributed by atoms with van der Waals surface area (Å²) in [6.45, 7) is 1.46. The molecule has 4 nitrogen and oxygen atoms in total. The van der Waals surface area contributed by atoms with Crippen molar-refractivity contribution < 1.29 is 19.4 Å². The Balaban J connectivity index is 0.000000421. The minimum atomic E-state index is -0.833. The van der Waals surface area contributed by atoms with E-state index < -0.39 is 5.97 Å². The van der Waals surface area contributed by atoms with E-state index in [9.17, 15) is 0 Å². The first-order chi connectivity index (χ1) is 10.1. The molecule has 0 unspecified atom stereocenters. The molecule has 2 aliphatic rings. The van der Waals surface area contributed by atoms with E-state index >= 15 is 0 Å². The van der Waals surface area contributed by atoms with Gasteiger partial charge in [-0.05, 0) is 18.3 Å². The van der Waals surface area contributed by atoms with Gasteiger partial charge in [0, 0.05) is 6.92 Å². The van der Waals surface area contributed by atoms with E-state index in [4.69, 9.17) is 14.7 Å². The fourth-order valence-electron chi connectivity index (χ4n) is 3.32. The van der Waals surface area contributed by atoms with Crippen molar-refractivity contribution in [3.8, 4) is 0 Å². The first kappa shape index (κ1) is 19.9. The molecule has 0 aromatic carbocycles. The van der Waals surface area contributed by atoms with E-state index in [2.05, 4.69) is 4.74 Å². The molecule has 2 saturated carbocycles. The Labute approximate surface area is 129 Å². The fourth-order valence-corrected chi connectivity index (χ4v) is 3.32. The number of methoxy groups -OCH3 is 1. The van der Waals surface area contributed by atoms with Gasteiger partial charge in [0.15, 0.2) is 0 Å². The Morgan fingerprint density at radius 2 is 1.29 bits per heavy atom. The molecular formula is C17H32O4. The van der Waals surface area contributed by atoms with Crippen molar-refractivity contribution in [2.45, 2.75) is 77.6 Å². The fraction of sp³-hybridized carbons (Fsp3) is 0.882. The zero-order chi connectivity index (χ0) is 15.9. The summed E-state index contributed by atoms with van der Waals surface area (Å²) in [5.41, 5.74) is 0. The molecule has 0 aromatic rings. The number of carbonyl (C=O) groups excluding carboxylic acids is 1. The minimum absolute atomic E-state index is 0.375. The van der Waals surface area contributed by atoms with E-state index in [1.54, 1.807) is 32.1 Å². The number of hydrogen-bond acceptors (Lipinski definition) is 3. The van der Waals surface area contributed by atoms with Crippen LogP contribution in [0.4, 0.5) is 0 Å². The second-order valence-corrected chi connectivity index (χ2v) is 6.09. The van der Waals surface area contributed by atoms with Crippen LogP contribution in [0.5, 0.6) is 0 Å². The van der Waals surface area contributed by atoms with E-state index in [1.807, 2.05) is 0 Å². The van der Waals surface area contributed by atoms with E-state index in [0.29, 0.717) is 6.47 Å². The van der Waals surface area contributed by atoms with Gasteiger partial charge in [0.25, 0.3) is 12.4 Å². The summed E-state index contributed by atoms with van der Waals surface area (Å²) in [5.74, 6) is 1.41. The molecule has 0 spiro atoms. The highest BCUT2D eigenvalue weighted by Crippen LogP contribution is 2.34. The normalized spacial score (nSPS) is 19.3. The quantitative estimate of drug-likeness (QED) is 0.784. The molecule has 2 fully saturated rings. The van der Waals surface area contributed by atoms with Crippen LogP contribution in [-0.2, 0) is 14.3 Å². The topological polar surface area (TPSA) is 63.6 Å². The first-order valence-electron chi connectivity index (χ1n) is 8.26. The number of hydrogen-bond donors (Lipinski definition) is 1. The zero-order valence-corrected chi connectivity index (χ0v) is 13.7. The molecule has 0 heterocycles. The van der Waals surface area contributed by atoms with Crippen LogP contribution in [0.2, 0.25) is 0 Å². The van der Waals surface area contributed by atoms with Gasteiger partial charge in [-0.1, -0.05) is 64.2 Å². The van der Waals surface area contributed by atoms with Gasteiger partial charge in [-0.2, -0.15) is 0 Å². The van der Waals surface area contributed by atoms with Crippen LogP contribution in [0.15, 0.2) is 0 Å². The van der Waals surface area contributed by atoms with Gasteiger partial charge in [-0.3, -0.25) is 9.59 Å². The molecule has 0 saturated heterocycles. The lowest BCUT2D eigenvalue weighted by Gasteiger charge is -2.28. The van der Waals surface area contributed by atoms with Crippen molar-refractivity contribution in [3.05, 3.63) is 0 Å². The number of aliphatic carboxylic acids is 1. The van der Waals surface area contributed by atoms with Crippen LogP contribution in [0.3, 0.4) is 0 Å². The molecular weight excluding hydrogens is 268 g/mol. The Morgan fingerprint density at radius 3 is 1.52 bits per heavy atom. The number of carboxylic acid groups (broad SMARTS) is 1. The van der Waals surface area contributed by atoms with Crippen molar-refractivity contribution in [1.29, 1.82) is 0 Å². The van der Waals surface area contributed by atoms with Gasteiger partial charge < -0.3 is 9.84 Å². The highest BCUT2D eigenvalue weighted by atomic mass is 16.5. The Hall–Kier alpha value is -1.06. The number of carbonyl (C=O) groups is 2. The molecule has 0 amide bonds. The van der Waals surface area contributed by atoms with Gasteiger partial charge in [-0.15, -0.1) is 0 Å². The van der Waals surface area contributed by atoms with Crippen LogP contribution < -0.4 is 0 Å². The van der Waals surface area contributed by atoms with Gasteiger partial charge >= 0.3 is 0 Å². The lowest BCUT2D eigenvalue weighted by Crippen LogP contribution is -2.14. The molecule has 0 aliphatic heterocycles. The van der Waals surface area contributed by atoms with Gasteiger partial charge in [0.05, 0.1) is 7.11 Å². The third-order valence-electron chi connectivity index (χ3n) is 4.21.